The van der Waals surface area contributed by atoms with Crippen LogP contribution < -0.4 is 0 Å². The third-order valence-electron chi connectivity index (χ3n) is 3.24. The maximum Gasteiger partial charge on any atom is 0.416 e. The summed E-state index contributed by atoms with van der Waals surface area (Å²) in [6, 6.07) is 7.98. The molecule has 0 spiro atoms. The molecule has 22 heavy (non-hydrogen) atoms. The van der Waals surface area contributed by atoms with Crippen molar-refractivity contribution in [1.29, 1.82) is 0 Å². The lowest BCUT2D eigenvalue weighted by Crippen LogP contribution is -2.03. The monoisotopic (exact) mass is 306 g/mol. The first-order chi connectivity index (χ1) is 10.3. The number of pyridine rings is 1. The number of aromatic amines is 1. The molecule has 0 unspecified atom stereocenters. The van der Waals surface area contributed by atoms with Crippen LogP contribution >= 0.6 is 0 Å². The fourth-order valence-electron chi connectivity index (χ4n) is 2.12. The molecule has 4 nitrogen and oxygen atoms in total. The Morgan fingerprint density at radius 3 is 2.50 bits per heavy atom. The second-order valence-corrected chi connectivity index (χ2v) is 4.72. The van der Waals surface area contributed by atoms with E-state index in [1.165, 1.54) is 24.4 Å². The van der Waals surface area contributed by atoms with Crippen molar-refractivity contribution in [3.05, 3.63) is 53.7 Å². The summed E-state index contributed by atoms with van der Waals surface area (Å²) in [5, 5.41) is 9.43. The van der Waals surface area contributed by atoms with Crippen LogP contribution in [0.5, 0.6) is 0 Å². The standard InChI is InChI=1S/C15H9F3N2O2/c16-15(17,18)10-3-1-8-5-13(20-12(8)6-10)11-4-2-9(7-19-11)14(21)22/h1-7,20H,(H,21,22). The number of rotatable bonds is 2. The fourth-order valence-corrected chi connectivity index (χ4v) is 2.12. The van der Waals surface area contributed by atoms with Crippen molar-refractivity contribution in [1.82, 2.24) is 9.97 Å². The second-order valence-electron chi connectivity index (χ2n) is 4.72. The molecule has 0 atom stereocenters. The highest BCUT2D eigenvalue weighted by atomic mass is 19.4. The summed E-state index contributed by atoms with van der Waals surface area (Å²) < 4.78 is 38.1. The van der Waals surface area contributed by atoms with Crippen molar-refractivity contribution in [2.45, 2.75) is 6.18 Å². The summed E-state index contributed by atoms with van der Waals surface area (Å²) in [7, 11) is 0. The lowest BCUT2D eigenvalue weighted by atomic mass is 10.1. The Morgan fingerprint density at radius 2 is 1.91 bits per heavy atom. The van der Waals surface area contributed by atoms with E-state index in [1.54, 1.807) is 6.07 Å². The molecule has 3 rings (SSSR count). The number of carboxylic acid groups (broad SMARTS) is 1. The zero-order chi connectivity index (χ0) is 15.9. The van der Waals surface area contributed by atoms with E-state index in [1.807, 2.05) is 0 Å². The number of fused-ring (bicyclic) bond motifs is 1. The molecule has 2 aromatic heterocycles. The lowest BCUT2D eigenvalue weighted by Gasteiger charge is -2.05. The normalized spacial score (nSPS) is 11.8. The van der Waals surface area contributed by atoms with Gasteiger partial charge in [0.1, 0.15) is 0 Å². The minimum Gasteiger partial charge on any atom is -0.478 e. The maximum absolute atomic E-state index is 12.7. The van der Waals surface area contributed by atoms with E-state index in [0.29, 0.717) is 22.3 Å². The van der Waals surface area contributed by atoms with E-state index >= 15 is 0 Å². The zero-order valence-corrected chi connectivity index (χ0v) is 11.0. The minimum absolute atomic E-state index is 0.0409. The maximum atomic E-state index is 12.7. The van der Waals surface area contributed by atoms with Gasteiger partial charge >= 0.3 is 12.1 Å². The first-order valence-electron chi connectivity index (χ1n) is 6.24. The predicted molar refractivity (Wildman–Crippen MR) is 73.5 cm³/mol. The third kappa shape index (κ3) is 2.52. The second kappa shape index (κ2) is 4.87. The van der Waals surface area contributed by atoms with Crippen LogP contribution in [0, 0.1) is 0 Å². The molecule has 0 saturated heterocycles. The van der Waals surface area contributed by atoms with E-state index in [9.17, 15) is 18.0 Å². The third-order valence-corrected chi connectivity index (χ3v) is 3.24. The van der Waals surface area contributed by atoms with Crippen molar-refractivity contribution < 1.29 is 23.1 Å². The smallest absolute Gasteiger partial charge is 0.416 e. The van der Waals surface area contributed by atoms with E-state index in [4.69, 9.17) is 5.11 Å². The molecule has 0 amide bonds. The molecule has 0 fully saturated rings. The Hall–Kier alpha value is -2.83. The molecule has 3 aromatic rings. The predicted octanol–water partition coefficient (Wildman–Crippen LogP) is 3.95. The van der Waals surface area contributed by atoms with Crippen LogP contribution in [0.15, 0.2) is 42.6 Å². The first kappa shape index (κ1) is 14.1. The number of H-pyrrole nitrogens is 1. The van der Waals surface area contributed by atoms with Gasteiger partial charge in [-0.3, -0.25) is 4.98 Å². The summed E-state index contributed by atoms with van der Waals surface area (Å²) in [6.45, 7) is 0. The zero-order valence-electron chi connectivity index (χ0n) is 11.0. The number of carboxylic acids is 1. The summed E-state index contributed by atoms with van der Waals surface area (Å²) in [5.74, 6) is -1.09. The number of alkyl halides is 3. The SMILES string of the molecule is O=C(O)c1ccc(-c2cc3ccc(C(F)(F)F)cc3[nH]2)nc1. The van der Waals surface area contributed by atoms with Crippen LogP contribution in [0.25, 0.3) is 22.3 Å². The topological polar surface area (TPSA) is 66.0 Å². The van der Waals surface area contributed by atoms with Crippen molar-refractivity contribution in [2.24, 2.45) is 0 Å². The number of aromatic nitrogens is 2. The van der Waals surface area contributed by atoms with Gasteiger partial charge in [0.15, 0.2) is 0 Å². The average molecular weight is 306 g/mol. The van der Waals surface area contributed by atoms with E-state index < -0.39 is 17.7 Å². The number of nitrogens with one attached hydrogen (secondary N) is 1. The Bertz CT molecular complexity index is 851. The molecular weight excluding hydrogens is 297 g/mol. The highest BCUT2D eigenvalue weighted by Gasteiger charge is 2.30. The summed E-state index contributed by atoms with van der Waals surface area (Å²) >= 11 is 0. The van der Waals surface area contributed by atoms with Gasteiger partial charge in [-0.15, -0.1) is 0 Å². The molecule has 2 N–H and O–H groups in total. The van der Waals surface area contributed by atoms with Gasteiger partial charge in [-0.2, -0.15) is 13.2 Å². The summed E-state index contributed by atoms with van der Waals surface area (Å²) in [5.41, 5.74) is 0.622. The quantitative estimate of drug-likeness (QED) is 0.753. The highest BCUT2D eigenvalue weighted by molar-refractivity contribution is 5.88. The summed E-state index contributed by atoms with van der Waals surface area (Å²) in [4.78, 5) is 17.6. The van der Waals surface area contributed by atoms with Gasteiger partial charge in [0.2, 0.25) is 0 Å². The Balaban J connectivity index is 2.03. The molecule has 112 valence electrons. The number of carbonyl (C=O) groups is 1. The van der Waals surface area contributed by atoms with Crippen LogP contribution in [0.4, 0.5) is 13.2 Å². The number of hydrogen-bond acceptors (Lipinski definition) is 2. The number of benzene rings is 1. The van der Waals surface area contributed by atoms with E-state index in [0.717, 1.165) is 12.1 Å². The minimum atomic E-state index is -4.40. The van der Waals surface area contributed by atoms with Crippen LogP contribution in [-0.4, -0.2) is 21.0 Å². The van der Waals surface area contributed by atoms with Gasteiger partial charge in [0.05, 0.1) is 22.5 Å². The van der Waals surface area contributed by atoms with Crippen LogP contribution in [0.2, 0.25) is 0 Å². The van der Waals surface area contributed by atoms with Gasteiger partial charge in [0, 0.05) is 17.1 Å². The molecule has 1 aromatic carbocycles. The molecule has 0 aliphatic rings. The number of nitrogens with zero attached hydrogens (tertiary/aromatic N) is 1. The number of halogens is 3. The van der Waals surface area contributed by atoms with Crippen molar-refractivity contribution in [3.8, 4) is 11.4 Å². The molecule has 0 bridgehead atoms. The van der Waals surface area contributed by atoms with Crippen molar-refractivity contribution in [2.75, 3.05) is 0 Å². The number of aromatic carboxylic acids is 1. The van der Waals surface area contributed by atoms with Gasteiger partial charge in [-0.05, 0) is 30.3 Å². The molecule has 0 aliphatic carbocycles. The van der Waals surface area contributed by atoms with Gasteiger partial charge in [0.25, 0.3) is 0 Å². The molecule has 0 aliphatic heterocycles. The Morgan fingerprint density at radius 1 is 1.14 bits per heavy atom. The Kier molecular flexibility index (Phi) is 3.13. The molecule has 0 radical (unpaired) electrons. The highest BCUT2D eigenvalue weighted by Crippen LogP contribution is 2.32. The summed E-state index contributed by atoms with van der Waals surface area (Å²) in [6.07, 6.45) is -3.20. The average Bonchev–Trinajstić information content (AvgIpc) is 2.89. The largest absolute Gasteiger partial charge is 0.478 e. The number of hydrogen-bond donors (Lipinski definition) is 2. The van der Waals surface area contributed by atoms with Crippen molar-refractivity contribution >= 4 is 16.9 Å². The first-order valence-corrected chi connectivity index (χ1v) is 6.24. The van der Waals surface area contributed by atoms with Crippen LogP contribution in [-0.2, 0) is 6.18 Å². The molecule has 7 heteroatoms. The Labute approximate surface area is 122 Å². The fraction of sp³-hybridized carbons (Fsp3) is 0.0667. The lowest BCUT2D eigenvalue weighted by molar-refractivity contribution is -0.137. The van der Waals surface area contributed by atoms with Crippen molar-refractivity contribution in [3.63, 3.8) is 0 Å². The van der Waals surface area contributed by atoms with Gasteiger partial charge in [-0.1, -0.05) is 6.07 Å². The van der Waals surface area contributed by atoms with E-state index in [2.05, 4.69) is 9.97 Å². The molecular formula is C15H9F3N2O2. The van der Waals surface area contributed by atoms with E-state index in [-0.39, 0.29) is 5.56 Å². The van der Waals surface area contributed by atoms with Gasteiger partial charge in [-0.25, -0.2) is 4.79 Å². The van der Waals surface area contributed by atoms with Gasteiger partial charge < -0.3 is 10.1 Å². The molecule has 2 heterocycles. The van der Waals surface area contributed by atoms with Crippen LogP contribution in [0.3, 0.4) is 0 Å². The van der Waals surface area contributed by atoms with Crippen LogP contribution in [0.1, 0.15) is 15.9 Å². The molecule has 0 saturated carbocycles.